The number of carboxylic acids is 1. The Labute approximate surface area is 143 Å². The molecule has 0 spiro atoms. The van der Waals surface area contributed by atoms with Crippen LogP contribution in [-0.2, 0) is 21.3 Å². The number of benzene rings is 2. The number of hydrogen-bond acceptors (Lipinski definition) is 3. The Bertz CT molecular complexity index is 746. The molecule has 1 N–H and O–H groups in total. The van der Waals surface area contributed by atoms with Crippen molar-refractivity contribution in [2.45, 2.75) is 12.7 Å². The largest absolute Gasteiger partial charge is 0.478 e. The highest BCUT2D eigenvalue weighted by molar-refractivity contribution is 7.84. The van der Waals surface area contributed by atoms with E-state index in [1.807, 2.05) is 37.3 Å². The second-order valence-corrected chi connectivity index (χ2v) is 6.66. The SMILES string of the molecule is CCN(C(=O)CS(=O)Cc1cccc(C(=O)O)c1)c1ccccc1. The van der Waals surface area contributed by atoms with E-state index in [1.54, 1.807) is 17.0 Å². The van der Waals surface area contributed by atoms with Gasteiger partial charge in [-0.15, -0.1) is 0 Å². The molecule has 0 bridgehead atoms. The summed E-state index contributed by atoms with van der Waals surface area (Å²) in [5.74, 6) is -1.18. The Hall–Kier alpha value is -2.47. The van der Waals surface area contributed by atoms with Gasteiger partial charge < -0.3 is 10.0 Å². The summed E-state index contributed by atoms with van der Waals surface area (Å²) < 4.78 is 12.3. The molecule has 1 atom stereocenters. The van der Waals surface area contributed by atoms with Crippen LogP contribution in [0.5, 0.6) is 0 Å². The smallest absolute Gasteiger partial charge is 0.335 e. The minimum absolute atomic E-state index is 0.0972. The van der Waals surface area contributed by atoms with Gasteiger partial charge >= 0.3 is 5.97 Å². The Morgan fingerprint density at radius 1 is 1.08 bits per heavy atom. The molecular weight excluding hydrogens is 326 g/mol. The predicted molar refractivity (Wildman–Crippen MR) is 94.6 cm³/mol. The number of amides is 1. The van der Waals surface area contributed by atoms with Crippen molar-refractivity contribution in [3.8, 4) is 0 Å². The second-order valence-electron chi connectivity index (χ2n) is 5.21. The number of carbonyl (C=O) groups is 2. The van der Waals surface area contributed by atoms with Crippen molar-refractivity contribution in [1.29, 1.82) is 0 Å². The number of nitrogens with zero attached hydrogens (tertiary/aromatic N) is 1. The van der Waals surface area contributed by atoms with Crippen molar-refractivity contribution in [1.82, 2.24) is 0 Å². The summed E-state index contributed by atoms with van der Waals surface area (Å²) >= 11 is 0. The Morgan fingerprint density at radius 3 is 2.42 bits per heavy atom. The molecule has 0 aliphatic heterocycles. The maximum atomic E-state index is 12.4. The first-order valence-corrected chi connectivity index (χ1v) is 9.02. The fourth-order valence-corrected chi connectivity index (χ4v) is 3.44. The zero-order valence-corrected chi connectivity index (χ0v) is 14.2. The summed E-state index contributed by atoms with van der Waals surface area (Å²) in [6, 6.07) is 15.5. The molecule has 2 aromatic carbocycles. The quantitative estimate of drug-likeness (QED) is 0.837. The van der Waals surface area contributed by atoms with Crippen molar-refractivity contribution in [2.24, 2.45) is 0 Å². The molecule has 6 heteroatoms. The summed E-state index contributed by atoms with van der Waals surface area (Å²) in [5, 5.41) is 8.98. The highest BCUT2D eigenvalue weighted by Crippen LogP contribution is 2.14. The van der Waals surface area contributed by atoms with E-state index in [1.165, 1.54) is 12.1 Å². The average Bonchev–Trinajstić information content (AvgIpc) is 2.56. The van der Waals surface area contributed by atoms with Crippen LogP contribution in [0.2, 0.25) is 0 Å². The molecule has 0 aliphatic carbocycles. The molecule has 0 saturated carbocycles. The van der Waals surface area contributed by atoms with Crippen LogP contribution in [-0.4, -0.2) is 33.5 Å². The van der Waals surface area contributed by atoms with Gasteiger partial charge in [0.1, 0.15) is 5.75 Å². The number of rotatable bonds is 7. The van der Waals surface area contributed by atoms with E-state index in [2.05, 4.69) is 0 Å². The molecule has 0 aliphatic rings. The minimum Gasteiger partial charge on any atom is -0.478 e. The van der Waals surface area contributed by atoms with Gasteiger partial charge in [-0.3, -0.25) is 9.00 Å². The first-order chi connectivity index (χ1) is 11.5. The van der Waals surface area contributed by atoms with Crippen LogP contribution in [0.15, 0.2) is 54.6 Å². The minimum atomic E-state index is -1.40. The van der Waals surface area contributed by atoms with Crippen molar-refractivity contribution < 1.29 is 18.9 Å². The second kappa shape index (κ2) is 8.40. The first kappa shape index (κ1) is 17.9. The number of carbonyl (C=O) groups excluding carboxylic acids is 1. The normalized spacial score (nSPS) is 11.7. The third-order valence-electron chi connectivity index (χ3n) is 3.47. The van der Waals surface area contributed by atoms with Crippen molar-refractivity contribution in [3.63, 3.8) is 0 Å². The zero-order valence-electron chi connectivity index (χ0n) is 13.3. The molecule has 0 saturated heterocycles. The Morgan fingerprint density at radius 2 is 1.79 bits per heavy atom. The van der Waals surface area contributed by atoms with Gasteiger partial charge in [-0.25, -0.2) is 4.79 Å². The maximum absolute atomic E-state index is 12.4. The van der Waals surface area contributed by atoms with E-state index < -0.39 is 16.8 Å². The van der Waals surface area contributed by atoms with Gasteiger partial charge in [0.25, 0.3) is 0 Å². The molecule has 24 heavy (non-hydrogen) atoms. The van der Waals surface area contributed by atoms with Crippen molar-refractivity contribution >= 4 is 28.4 Å². The molecule has 0 radical (unpaired) electrons. The van der Waals surface area contributed by atoms with E-state index in [0.717, 1.165) is 5.69 Å². The van der Waals surface area contributed by atoms with Gasteiger partial charge in [0.15, 0.2) is 0 Å². The fourth-order valence-electron chi connectivity index (χ4n) is 2.36. The summed E-state index contributed by atoms with van der Waals surface area (Å²) in [6.07, 6.45) is 0. The predicted octanol–water partition coefficient (Wildman–Crippen LogP) is 2.69. The van der Waals surface area contributed by atoms with Crippen LogP contribution in [0.1, 0.15) is 22.8 Å². The fraction of sp³-hybridized carbons (Fsp3) is 0.222. The third kappa shape index (κ3) is 4.76. The molecule has 0 aromatic heterocycles. The van der Waals surface area contributed by atoms with Crippen LogP contribution in [0, 0.1) is 0 Å². The highest BCUT2D eigenvalue weighted by atomic mass is 32.2. The first-order valence-electron chi connectivity index (χ1n) is 7.54. The number of carboxylic acid groups (broad SMARTS) is 1. The van der Waals surface area contributed by atoms with E-state index in [-0.39, 0.29) is 23.0 Å². The maximum Gasteiger partial charge on any atom is 0.335 e. The van der Waals surface area contributed by atoms with Crippen LogP contribution in [0.25, 0.3) is 0 Å². The molecule has 126 valence electrons. The lowest BCUT2D eigenvalue weighted by Gasteiger charge is -2.20. The van der Waals surface area contributed by atoms with Gasteiger partial charge in [-0.2, -0.15) is 0 Å². The summed E-state index contributed by atoms with van der Waals surface area (Å²) in [5.41, 5.74) is 1.56. The number of anilines is 1. The van der Waals surface area contributed by atoms with E-state index in [0.29, 0.717) is 12.1 Å². The monoisotopic (exact) mass is 345 g/mol. The molecule has 5 nitrogen and oxygen atoms in total. The topological polar surface area (TPSA) is 74.7 Å². The Balaban J connectivity index is 2.02. The molecule has 0 fully saturated rings. The standard InChI is InChI=1S/C18H19NO4S/c1-2-19(16-9-4-3-5-10-16)17(20)13-24(23)12-14-7-6-8-15(11-14)18(21)22/h3-11H,2,12-13H2,1H3,(H,21,22). The summed E-state index contributed by atoms with van der Waals surface area (Å²) in [7, 11) is -1.40. The number of para-hydroxylation sites is 1. The number of aromatic carboxylic acids is 1. The lowest BCUT2D eigenvalue weighted by molar-refractivity contribution is -0.116. The van der Waals surface area contributed by atoms with Gasteiger partial charge in [0, 0.05) is 28.8 Å². The van der Waals surface area contributed by atoms with Gasteiger partial charge in [-0.1, -0.05) is 30.3 Å². The third-order valence-corrected chi connectivity index (χ3v) is 4.70. The molecule has 0 heterocycles. The Kier molecular flexibility index (Phi) is 6.26. The number of hydrogen-bond donors (Lipinski definition) is 1. The molecule has 1 amide bonds. The average molecular weight is 345 g/mol. The lowest BCUT2D eigenvalue weighted by atomic mass is 10.1. The van der Waals surface area contributed by atoms with Crippen LogP contribution >= 0.6 is 0 Å². The van der Waals surface area contributed by atoms with Gasteiger partial charge in [0.2, 0.25) is 5.91 Å². The summed E-state index contributed by atoms with van der Waals surface area (Å²) in [4.78, 5) is 24.9. The van der Waals surface area contributed by atoms with Crippen LogP contribution in [0.3, 0.4) is 0 Å². The van der Waals surface area contributed by atoms with Gasteiger partial charge in [0.05, 0.1) is 5.56 Å². The van der Waals surface area contributed by atoms with Gasteiger partial charge in [-0.05, 0) is 36.8 Å². The van der Waals surface area contributed by atoms with E-state index in [4.69, 9.17) is 5.11 Å². The molecule has 1 unspecified atom stereocenters. The summed E-state index contributed by atoms with van der Waals surface area (Å²) in [6.45, 7) is 2.36. The molecular formula is C18H19NO4S. The van der Waals surface area contributed by atoms with Crippen LogP contribution in [0.4, 0.5) is 5.69 Å². The van der Waals surface area contributed by atoms with Crippen molar-refractivity contribution in [2.75, 3.05) is 17.2 Å². The zero-order chi connectivity index (χ0) is 17.5. The van der Waals surface area contributed by atoms with E-state index >= 15 is 0 Å². The highest BCUT2D eigenvalue weighted by Gasteiger charge is 2.17. The van der Waals surface area contributed by atoms with E-state index in [9.17, 15) is 13.8 Å². The molecule has 2 rings (SSSR count). The molecule has 2 aromatic rings. The van der Waals surface area contributed by atoms with Crippen molar-refractivity contribution in [3.05, 3.63) is 65.7 Å². The lowest BCUT2D eigenvalue weighted by Crippen LogP contribution is -2.34. The van der Waals surface area contributed by atoms with Crippen LogP contribution < -0.4 is 4.90 Å².